The summed E-state index contributed by atoms with van der Waals surface area (Å²) in [7, 11) is 0. The fourth-order valence-electron chi connectivity index (χ4n) is 2.67. The number of hydrogen-bond donors (Lipinski definition) is 0. The maximum Gasteiger partial charge on any atom is 0.123 e. The normalized spacial score (nSPS) is 12.3. The predicted octanol–water partition coefficient (Wildman–Crippen LogP) is 4.78. The SMILES string of the molecule is C=C/C=C(\C=C(/C)c1cn(-c2ccncc2)nn1)c1ccc(F)cc1C. The molecule has 26 heavy (non-hydrogen) atoms. The molecule has 0 aliphatic heterocycles. The van der Waals surface area contributed by atoms with Gasteiger partial charge in [-0.15, -0.1) is 5.10 Å². The molecule has 5 heteroatoms. The number of halogens is 1. The van der Waals surface area contributed by atoms with E-state index < -0.39 is 0 Å². The van der Waals surface area contributed by atoms with Crippen LogP contribution in [0.2, 0.25) is 0 Å². The van der Waals surface area contributed by atoms with Crippen molar-refractivity contribution in [2.75, 3.05) is 0 Å². The molecule has 0 radical (unpaired) electrons. The fourth-order valence-corrected chi connectivity index (χ4v) is 2.67. The van der Waals surface area contributed by atoms with Gasteiger partial charge in [0.25, 0.3) is 0 Å². The van der Waals surface area contributed by atoms with Gasteiger partial charge in [-0.3, -0.25) is 4.98 Å². The lowest BCUT2D eigenvalue weighted by atomic mass is 9.97. The Morgan fingerprint density at radius 3 is 2.65 bits per heavy atom. The molecule has 2 aromatic heterocycles. The molecule has 0 aliphatic rings. The summed E-state index contributed by atoms with van der Waals surface area (Å²) in [5.74, 6) is -0.245. The third-order valence-corrected chi connectivity index (χ3v) is 3.99. The number of pyridine rings is 1. The van der Waals surface area contributed by atoms with Crippen LogP contribution in [0.4, 0.5) is 4.39 Å². The van der Waals surface area contributed by atoms with Crippen molar-refractivity contribution >= 4 is 11.1 Å². The largest absolute Gasteiger partial charge is 0.265 e. The van der Waals surface area contributed by atoms with E-state index in [0.29, 0.717) is 0 Å². The average molecular weight is 346 g/mol. The lowest BCUT2D eigenvalue weighted by Gasteiger charge is -2.08. The lowest BCUT2D eigenvalue weighted by molar-refractivity contribution is 0.626. The van der Waals surface area contributed by atoms with Crippen LogP contribution in [0.25, 0.3) is 16.8 Å². The number of allylic oxidation sites excluding steroid dienone is 5. The summed E-state index contributed by atoms with van der Waals surface area (Å²) in [6, 6.07) is 8.49. The van der Waals surface area contributed by atoms with E-state index in [0.717, 1.165) is 33.7 Å². The minimum atomic E-state index is -0.245. The molecule has 0 fully saturated rings. The van der Waals surface area contributed by atoms with Gasteiger partial charge in [0.05, 0.1) is 11.9 Å². The smallest absolute Gasteiger partial charge is 0.123 e. The summed E-state index contributed by atoms with van der Waals surface area (Å²) in [6.45, 7) is 7.64. The topological polar surface area (TPSA) is 43.6 Å². The van der Waals surface area contributed by atoms with Crippen LogP contribution in [-0.4, -0.2) is 20.0 Å². The molecule has 130 valence electrons. The van der Waals surface area contributed by atoms with Crippen molar-refractivity contribution in [3.63, 3.8) is 0 Å². The van der Waals surface area contributed by atoms with Crippen LogP contribution in [0.15, 0.2) is 73.7 Å². The monoisotopic (exact) mass is 346 g/mol. The Morgan fingerprint density at radius 2 is 1.96 bits per heavy atom. The van der Waals surface area contributed by atoms with Crippen molar-refractivity contribution in [3.05, 3.63) is 96.4 Å². The number of benzene rings is 1. The highest BCUT2D eigenvalue weighted by molar-refractivity contribution is 5.84. The summed E-state index contributed by atoms with van der Waals surface area (Å²) in [5, 5.41) is 8.42. The molecule has 0 bridgehead atoms. The highest BCUT2D eigenvalue weighted by Crippen LogP contribution is 2.25. The Bertz CT molecular complexity index is 984. The van der Waals surface area contributed by atoms with E-state index in [-0.39, 0.29) is 5.82 Å². The van der Waals surface area contributed by atoms with Gasteiger partial charge in [0.1, 0.15) is 11.5 Å². The Morgan fingerprint density at radius 1 is 1.19 bits per heavy atom. The maximum atomic E-state index is 13.4. The van der Waals surface area contributed by atoms with Gasteiger partial charge in [-0.05, 0) is 66.5 Å². The molecule has 0 unspecified atom stereocenters. The van der Waals surface area contributed by atoms with E-state index in [4.69, 9.17) is 0 Å². The van der Waals surface area contributed by atoms with Crippen LogP contribution in [-0.2, 0) is 0 Å². The highest BCUT2D eigenvalue weighted by Gasteiger charge is 2.08. The summed E-state index contributed by atoms with van der Waals surface area (Å²) in [6.07, 6.45) is 10.9. The van der Waals surface area contributed by atoms with E-state index in [9.17, 15) is 4.39 Å². The molecule has 0 saturated carbocycles. The van der Waals surface area contributed by atoms with Crippen molar-refractivity contribution < 1.29 is 4.39 Å². The second-order valence-corrected chi connectivity index (χ2v) is 5.90. The van der Waals surface area contributed by atoms with E-state index in [1.54, 1.807) is 29.2 Å². The van der Waals surface area contributed by atoms with Gasteiger partial charge in [-0.1, -0.05) is 30.0 Å². The quantitative estimate of drug-likeness (QED) is 0.624. The first-order valence-corrected chi connectivity index (χ1v) is 8.19. The van der Waals surface area contributed by atoms with Crippen LogP contribution in [0.5, 0.6) is 0 Å². The van der Waals surface area contributed by atoms with Gasteiger partial charge >= 0.3 is 0 Å². The predicted molar refractivity (Wildman–Crippen MR) is 102 cm³/mol. The van der Waals surface area contributed by atoms with E-state index in [1.807, 2.05) is 44.3 Å². The van der Waals surface area contributed by atoms with E-state index >= 15 is 0 Å². The Balaban J connectivity index is 1.95. The summed E-state index contributed by atoms with van der Waals surface area (Å²) in [4.78, 5) is 4.00. The molecular weight excluding hydrogens is 327 g/mol. The molecule has 3 aromatic rings. The van der Waals surface area contributed by atoms with Gasteiger partial charge in [-0.2, -0.15) is 0 Å². The third-order valence-electron chi connectivity index (χ3n) is 3.99. The average Bonchev–Trinajstić information content (AvgIpc) is 3.12. The first kappa shape index (κ1) is 17.5. The van der Waals surface area contributed by atoms with Crippen molar-refractivity contribution in [1.82, 2.24) is 20.0 Å². The highest BCUT2D eigenvalue weighted by atomic mass is 19.1. The number of aromatic nitrogens is 4. The molecule has 1 aromatic carbocycles. The molecule has 4 nitrogen and oxygen atoms in total. The summed E-state index contributed by atoms with van der Waals surface area (Å²) >= 11 is 0. The van der Waals surface area contributed by atoms with Crippen LogP contribution in [0.1, 0.15) is 23.7 Å². The molecule has 0 N–H and O–H groups in total. The second kappa shape index (κ2) is 7.70. The van der Waals surface area contributed by atoms with Crippen molar-refractivity contribution in [2.24, 2.45) is 0 Å². The van der Waals surface area contributed by atoms with Crippen molar-refractivity contribution in [2.45, 2.75) is 13.8 Å². The maximum absolute atomic E-state index is 13.4. The Kier molecular flexibility index (Phi) is 5.17. The van der Waals surface area contributed by atoms with Crippen LogP contribution in [0.3, 0.4) is 0 Å². The number of hydrogen-bond acceptors (Lipinski definition) is 3. The first-order chi connectivity index (χ1) is 12.6. The zero-order valence-electron chi connectivity index (χ0n) is 14.7. The van der Waals surface area contributed by atoms with Gasteiger partial charge in [0, 0.05) is 12.4 Å². The van der Waals surface area contributed by atoms with Crippen molar-refractivity contribution in [1.29, 1.82) is 0 Å². The summed E-state index contributed by atoms with van der Waals surface area (Å²) < 4.78 is 15.1. The zero-order valence-corrected chi connectivity index (χ0v) is 14.7. The molecule has 0 aliphatic carbocycles. The van der Waals surface area contributed by atoms with Crippen molar-refractivity contribution in [3.8, 4) is 5.69 Å². The molecule has 0 atom stereocenters. The molecular formula is C21H19FN4. The fraction of sp³-hybridized carbons (Fsp3) is 0.0952. The van der Waals surface area contributed by atoms with Gasteiger partial charge in [0.15, 0.2) is 0 Å². The van der Waals surface area contributed by atoms with Crippen LogP contribution in [0, 0.1) is 12.7 Å². The van der Waals surface area contributed by atoms with Gasteiger partial charge in [-0.25, -0.2) is 9.07 Å². The lowest BCUT2D eigenvalue weighted by Crippen LogP contribution is -1.94. The molecule has 2 heterocycles. The standard InChI is InChI=1S/C21H19FN4/c1-4-5-17(20-7-6-18(22)13-15(20)2)12-16(3)21-14-26(25-24-21)19-8-10-23-11-9-19/h4-14H,1H2,2-3H3/b16-12+,17-5+. The number of nitrogens with zero attached hydrogens (tertiary/aromatic N) is 4. The van der Waals surface area contributed by atoms with E-state index in [1.165, 1.54) is 12.1 Å². The number of rotatable bonds is 5. The zero-order chi connectivity index (χ0) is 18.5. The van der Waals surface area contributed by atoms with Crippen LogP contribution >= 0.6 is 0 Å². The van der Waals surface area contributed by atoms with Gasteiger partial charge < -0.3 is 0 Å². The molecule has 0 amide bonds. The molecule has 0 spiro atoms. The Hall–Kier alpha value is -3.34. The second-order valence-electron chi connectivity index (χ2n) is 5.90. The minimum Gasteiger partial charge on any atom is -0.265 e. The van der Waals surface area contributed by atoms with Crippen LogP contribution < -0.4 is 0 Å². The number of aryl methyl sites for hydroxylation is 1. The van der Waals surface area contributed by atoms with Gasteiger partial charge in [0.2, 0.25) is 0 Å². The molecule has 3 rings (SSSR count). The van der Waals surface area contributed by atoms with E-state index in [2.05, 4.69) is 21.9 Å². The summed E-state index contributed by atoms with van der Waals surface area (Å²) in [5.41, 5.74) is 5.35. The first-order valence-electron chi connectivity index (χ1n) is 8.19. The Labute approximate surface area is 152 Å². The minimum absolute atomic E-state index is 0.245. The third kappa shape index (κ3) is 3.83. The molecule has 0 saturated heterocycles.